The topological polar surface area (TPSA) is 99.1 Å². The minimum absolute atomic E-state index is 0.0430. The maximum Gasteiger partial charge on any atom is 0.362 e. The van der Waals surface area contributed by atoms with Gasteiger partial charge in [0, 0.05) is 19.3 Å². The molecule has 0 saturated heterocycles. The number of likely N-dealkylation sites (N-methyl/N-ethyl adjacent to an activating group) is 1. The summed E-state index contributed by atoms with van der Waals surface area (Å²) in [5.41, 5.74) is 0. The van der Waals surface area contributed by atoms with Crippen LogP contribution >= 0.6 is 0 Å². The number of nitrogens with zero attached hydrogens (tertiary/aromatic N) is 1. The molecule has 1 N–H and O–H groups in total. The number of aliphatic carboxylic acids is 1. The number of quaternary nitrogens is 1. The molecule has 0 bridgehead atoms. The molecule has 0 spiro atoms. The van der Waals surface area contributed by atoms with Gasteiger partial charge in [0.2, 0.25) is 0 Å². The highest BCUT2D eigenvalue weighted by molar-refractivity contribution is 5.72. The fourth-order valence-electron chi connectivity index (χ4n) is 5.57. The quantitative estimate of drug-likeness (QED) is 0.0229. The lowest BCUT2D eigenvalue weighted by Gasteiger charge is -2.31. The number of carbonyl (C=O) groups is 3. The van der Waals surface area contributed by atoms with Gasteiger partial charge in [-0.25, -0.2) is 4.79 Å². The highest BCUT2D eigenvalue weighted by Gasteiger charge is 2.31. The van der Waals surface area contributed by atoms with Crippen LogP contribution in [0, 0.1) is 0 Å². The number of ether oxygens (including phenoxy) is 3. The predicted octanol–water partition coefficient (Wildman–Crippen LogP) is 10.5. The molecule has 0 aromatic heterocycles. The molecule has 0 rings (SSSR count). The maximum atomic E-state index is 12.7. The van der Waals surface area contributed by atoms with E-state index in [-0.39, 0.29) is 36.2 Å². The second-order valence-electron chi connectivity index (χ2n) is 14.6. The molecule has 0 fully saturated rings. The molecule has 0 aliphatic rings. The van der Waals surface area contributed by atoms with E-state index in [0.29, 0.717) is 25.7 Å². The average molecular weight is 719 g/mol. The fourth-order valence-corrected chi connectivity index (χ4v) is 5.57. The Balaban J connectivity index is 4.44. The number of rotatable bonds is 35. The number of hydrogen-bond acceptors (Lipinski definition) is 6. The largest absolute Gasteiger partial charge is 0.477 e. The molecule has 0 radical (unpaired) electrons. The second kappa shape index (κ2) is 34.4. The van der Waals surface area contributed by atoms with Gasteiger partial charge in [0.05, 0.1) is 34.4 Å². The van der Waals surface area contributed by atoms with Crippen LogP contribution in [0.2, 0.25) is 0 Å². The van der Waals surface area contributed by atoms with Crippen molar-refractivity contribution in [2.24, 2.45) is 0 Å². The van der Waals surface area contributed by atoms with Crippen LogP contribution in [-0.2, 0) is 28.6 Å². The Bertz CT molecular complexity index is 979. The van der Waals surface area contributed by atoms with Gasteiger partial charge < -0.3 is 23.8 Å². The fraction of sp³-hybridized carbons (Fsp3) is 0.744. The van der Waals surface area contributed by atoms with E-state index in [2.05, 4.69) is 62.5 Å². The van der Waals surface area contributed by atoms with Crippen LogP contribution in [0.1, 0.15) is 155 Å². The van der Waals surface area contributed by atoms with Gasteiger partial charge in [0.1, 0.15) is 6.61 Å². The van der Waals surface area contributed by atoms with Crippen LogP contribution in [0.3, 0.4) is 0 Å². The molecular weight excluding hydrogens is 642 g/mol. The minimum atomic E-state index is -0.884. The smallest absolute Gasteiger partial charge is 0.362 e. The first-order valence-corrected chi connectivity index (χ1v) is 20.2. The second-order valence-corrected chi connectivity index (χ2v) is 14.6. The van der Waals surface area contributed by atoms with Gasteiger partial charge >= 0.3 is 17.9 Å². The minimum Gasteiger partial charge on any atom is -0.477 e. The number of carbonyl (C=O) groups excluding carboxylic acids is 2. The molecule has 0 aromatic rings. The van der Waals surface area contributed by atoms with Crippen molar-refractivity contribution in [1.29, 1.82) is 0 Å². The number of unbranched alkanes of at least 4 members (excludes halogenated alkanes) is 15. The Morgan fingerprint density at radius 1 is 0.588 bits per heavy atom. The van der Waals surface area contributed by atoms with E-state index in [1.165, 1.54) is 57.8 Å². The van der Waals surface area contributed by atoms with Crippen molar-refractivity contribution in [3.63, 3.8) is 0 Å². The third-order valence-corrected chi connectivity index (χ3v) is 8.76. The van der Waals surface area contributed by atoms with Gasteiger partial charge in [-0.15, -0.1) is 0 Å². The molecule has 0 heterocycles. The van der Waals surface area contributed by atoms with Gasteiger partial charge in [-0.1, -0.05) is 127 Å². The average Bonchev–Trinajstić information content (AvgIpc) is 3.08. The summed E-state index contributed by atoms with van der Waals surface area (Å²) < 4.78 is 17.1. The van der Waals surface area contributed by atoms with Crippen molar-refractivity contribution in [1.82, 2.24) is 0 Å². The predicted molar refractivity (Wildman–Crippen MR) is 211 cm³/mol. The van der Waals surface area contributed by atoms with E-state index in [9.17, 15) is 19.5 Å². The van der Waals surface area contributed by atoms with Gasteiger partial charge in [0.15, 0.2) is 12.1 Å². The molecule has 2 unspecified atom stereocenters. The summed E-state index contributed by atoms with van der Waals surface area (Å²) >= 11 is 0. The van der Waals surface area contributed by atoms with E-state index in [4.69, 9.17) is 14.2 Å². The van der Waals surface area contributed by atoms with Crippen LogP contribution in [0.15, 0.2) is 48.6 Å². The van der Waals surface area contributed by atoms with Crippen molar-refractivity contribution < 1.29 is 38.2 Å². The Kier molecular flexibility index (Phi) is 32.6. The molecule has 8 heteroatoms. The first-order chi connectivity index (χ1) is 24.6. The molecule has 0 amide bonds. The van der Waals surface area contributed by atoms with Crippen molar-refractivity contribution in [2.75, 3.05) is 41.0 Å². The zero-order valence-electron chi connectivity index (χ0n) is 33.3. The van der Waals surface area contributed by atoms with Crippen molar-refractivity contribution >= 4 is 17.9 Å². The first kappa shape index (κ1) is 48.3. The van der Waals surface area contributed by atoms with E-state index >= 15 is 0 Å². The third kappa shape index (κ3) is 32.9. The Labute approximate surface area is 312 Å². The normalized spacial score (nSPS) is 13.5. The molecule has 8 nitrogen and oxygen atoms in total. The standard InChI is InChI=1S/C43H75NO7/c1-6-8-10-12-14-16-17-18-19-20-21-22-23-24-26-28-30-32-34-42(46)51-39(37-49-36-35-40(43(47)48)44(3,4)5)38-50-41(45)33-31-29-27-25-15-13-11-9-7-2/h17-22,25,27,39-40H,6-16,23-24,26,28-38H2,1-5H3/p+1/b18-17+,20-19+,22-21+,27-25+. The summed E-state index contributed by atoms with van der Waals surface area (Å²) in [7, 11) is 5.50. The lowest BCUT2D eigenvalue weighted by molar-refractivity contribution is -0.887. The molecule has 51 heavy (non-hydrogen) atoms. The first-order valence-electron chi connectivity index (χ1n) is 20.2. The van der Waals surface area contributed by atoms with Gasteiger partial charge in [-0.05, 0) is 57.8 Å². The Morgan fingerprint density at radius 2 is 1.08 bits per heavy atom. The van der Waals surface area contributed by atoms with Crippen molar-refractivity contribution in [2.45, 2.75) is 167 Å². The van der Waals surface area contributed by atoms with Gasteiger partial charge in [0.25, 0.3) is 0 Å². The number of carboxylic acid groups (broad SMARTS) is 1. The van der Waals surface area contributed by atoms with E-state index < -0.39 is 18.1 Å². The zero-order valence-corrected chi connectivity index (χ0v) is 33.3. The van der Waals surface area contributed by atoms with Crippen LogP contribution in [0.4, 0.5) is 0 Å². The van der Waals surface area contributed by atoms with Crippen LogP contribution < -0.4 is 0 Å². The SMILES string of the molecule is CCCCCC/C=C/CCCC(=O)OCC(COCCC(C(=O)O)[N+](C)(C)C)OC(=O)CCCCCCC/C=C/C=C/C=C/CCCCCCC. The molecule has 0 aromatic carbocycles. The summed E-state index contributed by atoms with van der Waals surface area (Å²) in [6.07, 6.45) is 38.8. The van der Waals surface area contributed by atoms with Crippen LogP contribution in [0.5, 0.6) is 0 Å². The number of esters is 2. The van der Waals surface area contributed by atoms with Crippen LogP contribution in [-0.4, -0.2) is 80.6 Å². The van der Waals surface area contributed by atoms with Gasteiger partial charge in [-0.2, -0.15) is 0 Å². The number of hydrogen-bond donors (Lipinski definition) is 1. The lowest BCUT2D eigenvalue weighted by Crippen LogP contribution is -2.50. The molecule has 2 atom stereocenters. The summed E-state index contributed by atoms with van der Waals surface area (Å²) in [6.45, 7) is 4.61. The molecule has 0 saturated carbocycles. The van der Waals surface area contributed by atoms with Gasteiger partial charge in [-0.3, -0.25) is 9.59 Å². The molecule has 294 valence electrons. The lowest BCUT2D eigenvalue weighted by atomic mass is 10.1. The van der Waals surface area contributed by atoms with E-state index in [1.54, 1.807) is 0 Å². The zero-order chi connectivity index (χ0) is 37.8. The summed E-state index contributed by atoms with van der Waals surface area (Å²) in [5.74, 6) is -1.54. The molecule has 0 aliphatic carbocycles. The number of carboxylic acids is 1. The van der Waals surface area contributed by atoms with Crippen molar-refractivity contribution in [3.05, 3.63) is 48.6 Å². The summed E-state index contributed by atoms with van der Waals surface area (Å²) in [5, 5.41) is 9.58. The third-order valence-electron chi connectivity index (χ3n) is 8.76. The monoisotopic (exact) mass is 719 g/mol. The van der Waals surface area contributed by atoms with E-state index in [0.717, 1.165) is 57.8 Å². The Morgan fingerprint density at radius 3 is 1.65 bits per heavy atom. The maximum absolute atomic E-state index is 12.7. The van der Waals surface area contributed by atoms with E-state index in [1.807, 2.05) is 21.1 Å². The highest BCUT2D eigenvalue weighted by atomic mass is 16.6. The number of allylic oxidation sites excluding steroid dienone is 8. The van der Waals surface area contributed by atoms with Crippen molar-refractivity contribution in [3.8, 4) is 0 Å². The summed E-state index contributed by atoms with van der Waals surface area (Å²) in [6, 6.07) is -0.621. The molecule has 0 aliphatic heterocycles. The molecular formula is C43H76NO7+. The highest BCUT2D eigenvalue weighted by Crippen LogP contribution is 2.12. The van der Waals surface area contributed by atoms with Crippen LogP contribution in [0.25, 0.3) is 0 Å². The summed E-state index contributed by atoms with van der Waals surface area (Å²) in [4.78, 5) is 36.7. The Hall–Kier alpha value is -2.71.